The Labute approximate surface area is 308 Å². The predicted molar refractivity (Wildman–Crippen MR) is 225 cm³/mol. The Bertz CT molecular complexity index is 1630. The van der Waals surface area contributed by atoms with Gasteiger partial charge in [0.1, 0.15) is 46.4 Å². The minimum absolute atomic E-state index is 0. The predicted octanol–water partition coefficient (Wildman–Crippen LogP) is 9.83. The average molecular weight is 791 g/mol. The molecule has 7 aromatic rings. The van der Waals surface area contributed by atoms with Gasteiger partial charge in [-0.15, -0.1) is 34.0 Å². The van der Waals surface area contributed by atoms with E-state index in [-0.39, 0.29) is 34.0 Å². The standard InChI is InChI=1S/C44H38P2.2BrH/c1-7-22-39(23-8-1)45(40-24-9-2-10-25-40,41-26-11-3-12-27-41)35-37-20-19-21-38(34-37)36-46(42-28-13-4-14-29-42,43-30-15-5-16-31-43)44-32-17-6-18-33-44;;/h1-34H,35-36H2;2*1H/q+2;;. The molecule has 0 saturated carbocycles. The summed E-state index contributed by atoms with van der Waals surface area (Å²) in [6.45, 7) is 0. The van der Waals surface area contributed by atoms with Crippen molar-refractivity contribution in [2.75, 3.05) is 0 Å². The molecule has 0 aromatic heterocycles. The van der Waals surface area contributed by atoms with E-state index in [1.165, 1.54) is 43.0 Å². The summed E-state index contributed by atoms with van der Waals surface area (Å²) in [7, 11) is -4.02. The lowest BCUT2D eigenvalue weighted by Gasteiger charge is -2.29. The van der Waals surface area contributed by atoms with Crippen LogP contribution in [0, 0.1) is 0 Å². The molecule has 0 atom stereocenters. The van der Waals surface area contributed by atoms with Crippen molar-refractivity contribution in [2.24, 2.45) is 0 Å². The van der Waals surface area contributed by atoms with Gasteiger partial charge in [0, 0.05) is 0 Å². The molecule has 0 unspecified atom stereocenters. The third kappa shape index (κ3) is 7.19. The van der Waals surface area contributed by atoms with E-state index in [0.717, 1.165) is 12.3 Å². The fraction of sp³-hybridized carbons (Fsp3) is 0.0455. The van der Waals surface area contributed by atoms with Crippen molar-refractivity contribution >= 4 is 80.3 Å². The van der Waals surface area contributed by atoms with Gasteiger partial charge in [0.05, 0.1) is 12.3 Å². The van der Waals surface area contributed by atoms with Crippen LogP contribution < -0.4 is 31.8 Å². The van der Waals surface area contributed by atoms with E-state index >= 15 is 0 Å². The molecule has 4 heteroatoms. The van der Waals surface area contributed by atoms with Crippen LogP contribution in [0.15, 0.2) is 206 Å². The average Bonchev–Trinajstić information content (AvgIpc) is 3.15. The molecule has 0 aliphatic rings. The van der Waals surface area contributed by atoms with E-state index in [0.29, 0.717) is 0 Å². The fourth-order valence-corrected chi connectivity index (χ4v) is 15.4. The highest BCUT2D eigenvalue weighted by molar-refractivity contribution is 8.93. The van der Waals surface area contributed by atoms with Crippen molar-refractivity contribution in [1.29, 1.82) is 0 Å². The SMILES string of the molecule is Br.Br.c1ccc([P+](Cc2cccc(C[P+](c3ccccc3)(c3ccccc3)c3ccccc3)c2)(c2ccccc2)c2ccccc2)cc1. The van der Waals surface area contributed by atoms with Crippen LogP contribution in [-0.2, 0) is 12.3 Å². The lowest BCUT2D eigenvalue weighted by Crippen LogP contribution is -2.33. The van der Waals surface area contributed by atoms with Crippen LogP contribution in [0.2, 0.25) is 0 Å². The quantitative estimate of drug-likeness (QED) is 0.121. The molecule has 7 aromatic carbocycles. The van der Waals surface area contributed by atoms with Crippen molar-refractivity contribution < 1.29 is 0 Å². The van der Waals surface area contributed by atoms with Crippen LogP contribution in [0.1, 0.15) is 11.1 Å². The number of halogens is 2. The van der Waals surface area contributed by atoms with Gasteiger partial charge in [-0.05, 0) is 90.0 Å². The van der Waals surface area contributed by atoms with E-state index in [1.54, 1.807) is 0 Å². The van der Waals surface area contributed by atoms with Gasteiger partial charge in [-0.3, -0.25) is 0 Å². The van der Waals surface area contributed by atoms with E-state index in [9.17, 15) is 0 Å². The molecule has 0 aliphatic heterocycles. The zero-order valence-corrected chi connectivity index (χ0v) is 32.0. The Morgan fingerprint density at radius 1 is 0.250 bits per heavy atom. The van der Waals surface area contributed by atoms with Gasteiger partial charge in [-0.1, -0.05) is 127 Å². The number of hydrogen-bond acceptors (Lipinski definition) is 0. The summed E-state index contributed by atoms with van der Waals surface area (Å²) in [4.78, 5) is 0. The third-order valence-corrected chi connectivity index (χ3v) is 17.8. The first-order valence-corrected chi connectivity index (χ1v) is 19.9. The number of hydrogen-bond donors (Lipinski definition) is 0. The second-order valence-corrected chi connectivity index (χ2v) is 18.7. The van der Waals surface area contributed by atoms with Crippen molar-refractivity contribution in [1.82, 2.24) is 0 Å². The first kappa shape index (κ1) is 35.7. The molecule has 0 aliphatic carbocycles. The number of benzene rings is 7. The summed E-state index contributed by atoms with van der Waals surface area (Å²) in [6.07, 6.45) is 1.93. The molecule has 0 saturated heterocycles. The molecule has 0 heterocycles. The molecule has 0 spiro atoms. The van der Waals surface area contributed by atoms with Gasteiger partial charge in [-0.2, -0.15) is 0 Å². The van der Waals surface area contributed by atoms with E-state index in [2.05, 4.69) is 206 Å². The molecule has 0 fully saturated rings. The van der Waals surface area contributed by atoms with Crippen LogP contribution in [0.25, 0.3) is 0 Å². The van der Waals surface area contributed by atoms with Crippen molar-refractivity contribution in [3.8, 4) is 0 Å². The third-order valence-electron chi connectivity index (χ3n) is 9.01. The largest absolute Gasteiger partial charge is 0.116 e. The first-order valence-electron chi connectivity index (χ1n) is 16.0. The Morgan fingerprint density at radius 3 is 0.667 bits per heavy atom. The van der Waals surface area contributed by atoms with Crippen LogP contribution in [0.3, 0.4) is 0 Å². The Balaban J connectivity index is 0.00000225. The minimum atomic E-state index is -2.01. The second-order valence-electron chi connectivity index (χ2n) is 11.8. The summed E-state index contributed by atoms with van der Waals surface area (Å²) < 4.78 is 0. The lowest BCUT2D eigenvalue weighted by molar-refractivity contribution is 1.31. The molecule has 48 heavy (non-hydrogen) atoms. The van der Waals surface area contributed by atoms with Crippen LogP contribution in [0.4, 0.5) is 0 Å². The molecule has 7 rings (SSSR count). The Hall–Kier alpha value is -3.64. The van der Waals surface area contributed by atoms with Gasteiger partial charge in [-0.25, -0.2) is 0 Å². The fourth-order valence-electron chi connectivity index (χ4n) is 6.91. The molecule has 0 bridgehead atoms. The molecule has 0 nitrogen and oxygen atoms in total. The maximum absolute atomic E-state index is 2.51. The maximum atomic E-state index is 2.51. The molecule has 238 valence electrons. The van der Waals surface area contributed by atoms with E-state index in [4.69, 9.17) is 0 Å². The van der Waals surface area contributed by atoms with Crippen LogP contribution in [-0.4, -0.2) is 0 Å². The van der Waals surface area contributed by atoms with Crippen LogP contribution in [0.5, 0.6) is 0 Å². The van der Waals surface area contributed by atoms with E-state index in [1.807, 2.05) is 0 Å². The zero-order chi connectivity index (χ0) is 31.1. The Morgan fingerprint density at radius 2 is 0.458 bits per heavy atom. The molecular formula is C44H40Br2P2+2. The zero-order valence-electron chi connectivity index (χ0n) is 26.8. The first-order chi connectivity index (χ1) is 22.8. The van der Waals surface area contributed by atoms with E-state index < -0.39 is 14.5 Å². The smallest absolute Gasteiger partial charge is 0.114 e. The van der Waals surface area contributed by atoms with Gasteiger partial charge >= 0.3 is 0 Å². The van der Waals surface area contributed by atoms with Crippen molar-refractivity contribution in [2.45, 2.75) is 12.3 Å². The molecule has 0 amide bonds. The van der Waals surface area contributed by atoms with Crippen molar-refractivity contribution in [3.63, 3.8) is 0 Å². The van der Waals surface area contributed by atoms with Gasteiger partial charge < -0.3 is 0 Å². The highest BCUT2D eigenvalue weighted by Crippen LogP contribution is 2.60. The number of rotatable bonds is 10. The summed E-state index contributed by atoms with van der Waals surface area (Å²) in [5.41, 5.74) is 2.77. The molecular weight excluding hydrogens is 750 g/mol. The summed E-state index contributed by atoms with van der Waals surface area (Å²) in [5.74, 6) is 0. The molecule has 0 N–H and O–H groups in total. The highest BCUT2D eigenvalue weighted by Gasteiger charge is 2.47. The van der Waals surface area contributed by atoms with Gasteiger partial charge in [0.2, 0.25) is 0 Å². The lowest BCUT2D eigenvalue weighted by atomic mass is 10.2. The highest BCUT2D eigenvalue weighted by atomic mass is 79.9. The second kappa shape index (κ2) is 16.6. The summed E-state index contributed by atoms with van der Waals surface area (Å²) in [6, 6.07) is 76.8. The maximum Gasteiger partial charge on any atom is 0.116 e. The topological polar surface area (TPSA) is 0 Å². The van der Waals surface area contributed by atoms with Gasteiger partial charge in [0.25, 0.3) is 0 Å². The molecule has 0 radical (unpaired) electrons. The van der Waals surface area contributed by atoms with Crippen molar-refractivity contribution in [3.05, 3.63) is 217 Å². The minimum Gasteiger partial charge on any atom is -0.114 e. The van der Waals surface area contributed by atoms with Crippen LogP contribution >= 0.6 is 48.5 Å². The normalized spacial score (nSPS) is 11.2. The summed E-state index contributed by atoms with van der Waals surface area (Å²) >= 11 is 0. The summed E-state index contributed by atoms with van der Waals surface area (Å²) in [5, 5.41) is 8.49. The Kier molecular flexibility index (Phi) is 12.4. The van der Waals surface area contributed by atoms with Gasteiger partial charge in [0.15, 0.2) is 0 Å². The monoisotopic (exact) mass is 788 g/mol.